The molecule has 4 rings (SSSR count). The van der Waals surface area contributed by atoms with Gasteiger partial charge in [0.25, 0.3) is 0 Å². The van der Waals surface area contributed by atoms with Crippen molar-refractivity contribution >= 4 is 45.1 Å². The summed E-state index contributed by atoms with van der Waals surface area (Å²) in [7, 11) is 1.63. The molecular weight excluding hydrogens is 420 g/mol. The molecule has 154 valence electrons. The average molecular weight is 441 g/mol. The molecule has 1 N–H and O–H groups in total. The van der Waals surface area contributed by atoms with Crippen LogP contribution >= 0.6 is 23.1 Å². The molecule has 0 unspecified atom stereocenters. The van der Waals surface area contributed by atoms with Crippen molar-refractivity contribution < 1.29 is 18.7 Å². The van der Waals surface area contributed by atoms with Crippen LogP contribution in [0, 0.1) is 0 Å². The monoisotopic (exact) mass is 440 g/mol. The van der Waals surface area contributed by atoms with Crippen LogP contribution in [0.2, 0.25) is 0 Å². The summed E-state index contributed by atoms with van der Waals surface area (Å²) in [4.78, 5) is 17.8. The van der Waals surface area contributed by atoms with Crippen molar-refractivity contribution in [3.05, 3.63) is 53.9 Å². The van der Waals surface area contributed by atoms with E-state index in [1.807, 2.05) is 60.8 Å². The molecule has 0 saturated carbocycles. The van der Waals surface area contributed by atoms with Crippen LogP contribution in [0.15, 0.2) is 63.2 Å². The molecule has 2 aromatic heterocycles. The Labute approximate surface area is 182 Å². The number of hydrogen-bond donors (Lipinski definition) is 1. The number of thioether (sulfide) groups is 1. The van der Waals surface area contributed by atoms with E-state index in [1.165, 1.54) is 23.1 Å². The minimum Gasteiger partial charge on any atom is -0.497 e. The first-order valence-electron chi connectivity index (χ1n) is 9.34. The van der Waals surface area contributed by atoms with Gasteiger partial charge in [-0.25, -0.2) is 4.98 Å². The van der Waals surface area contributed by atoms with E-state index < -0.39 is 0 Å². The van der Waals surface area contributed by atoms with Crippen LogP contribution < -0.4 is 14.8 Å². The number of aromatic nitrogens is 1. The Hall–Kier alpha value is -2.97. The zero-order chi connectivity index (χ0) is 20.9. The van der Waals surface area contributed by atoms with E-state index in [2.05, 4.69) is 10.3 Å². The topological polar surface area (TPSA) is 73.6 Å². The summed E-state index contributed by atoms with van der Waals surface area (Å²) in [5.74, 6) is 2.32. The van der Waals surface area contributed by atoms with Gasteiger partial charge >= 0.3 is 0 Å². The molecule has 30 heavy (non-hydrogen) atoms. The maximum Gasteiger partial charge on any atom is 0.236 e. The highest BCUT2D eigenvalue weighted by molar-refractivity contribution is 8.00. The van der Waals surface area contributed by atoms with Gasteiger partial charge in [-0.15, -0.1) is 23.1 Å². The number of nitrogens with zero attached hydrogens (tertiary/aromatic N) is 1. The summed E-state index contributed by atoms with van der Waals surface area (Å²) < 4.78 is 16.7. The quantitative estimate of drug-likeness (QED) is 0.355. The van der Waals surface area contributed by atoms with Gasteiger partial charge in [-0.3, -0.25) is 4.79 Å². The summed E-state index contributed by atoms with van der Waals surface area (Å²) in [5, 5.41) is 6.20. The number of fused-ring (bicyclic) bond motifs is 1. The van der Waals surface area contributed by atoms with E-state index in [-0.39, 0.29) is 5.91 Å². The van der Waals surface area contributed by atoms with Gasteiger partial charge in [0, 0.05) is 15.7 Å². The predicted octanol–water partition coefficient (Wildman–Crippen LogP) is 5.69. The van der Waals surface area contributed by atoms with Crippen LogP contribution in [0.1, 0.15) is 6.92 Å². The van der Waals surface area contributed by atoms with E-state index in [0.717, 1.165) is 16.0 Å². The number of furan rings is 1. The third-order valence-electron chi connectivity index (χ3n) is 4.24. The van der Waals surface area contributed by atoms with Gasteiger partial charge in [-0.2, -0.15) is 0 Å². The number of carbonyl (C=O) groups excluding carboxylic acids is 1. The zero-order valence-corrected chi connectivity index (χ0v) is 18.1. The molecule has 0 fully saturated rings. The molecule has 2 aromatic carbocycles. The van der Waals surface area contributed by atoms with Crippen molar-refractivity contribution in [1.29, 1.82) is 0 Å². The van der Waals surface area contributed by atoms with Crippen molar-refractivity contribution in [3.8, 4) is 23.0 Å². The molecule has 2 heterocycles. The lowest BCUT2D eigenvalue weighted by molar-refractivity contribution is -0.113. The number of para-hydroxylation sites is 1. The smallest absolute Gasteiger partial charge is 0.236 e. The van der Waals surface area contributed by atoms with Crippen molar-refractivity contribution in [2.24, 2.45) is 0 Å². The average Bonchev–Trinajstić information content (AvgIpc) is 3.40. The largest absolute Gasteiger partial charge is 0.497 e. The Kier molecular flexibility index (Phi) is 6.25. The summed E-state index contributed by atoms with van der Waals surface area (Å²) in [6.07, 6.45) is 0. The molecule has 0 aliphatic heterocycles. The second kappa shape index (κ2) is 9.23. The first-order valence-corrected chi connectivity index (χ1v) is 11.2. The first-order chi connectivity index (χ1) is 14.7. The van der Waals surface area contributed by atoms with E-state index in [0.29, 0.717) is 40.3 Å². The molecule has 0 atom stereocenters. The van der Waals surface area contributed by atoms with Crippen LogP contribution in [0.25, 0.3) is 22.4 Å². The molecule has 0 aliphatic carbocycles. The van der Waals surface area contributed by atoms with Gasteiger partial charge in [0.1, 0.15) is 11.4 Å². The Morgan fingerprint density at radius 2 is 2.07 bits per heavy atom. The van der Waals surface area contributed by atoms with Gasteiger partial charge < -0.3 is 19.2 Å². The molecule has 0 spiro atoms. The van der Waals surface area contributed by atoms with Gasteiger partial charge in [0.2, 0.25) is 5.91 Å². The maximum absolute atomic E-state index is 12.3. The number of amides is 1. The Balaban J connectivity index is 1.40. The minimum atomic E-state index is -0.111. The van der Waals surface area contributed by atoms with Gasteiger partial charge in [0.05, 0.1) is 19.5 Å². The molecule has 6 nitrogen and oxygen atoms in total. The van der Waals surface area contributed by atoms with Crippen LogP contribution in [-0.2, 0) is 4.79 Å². The van der Waals surface area contributed by atoms with Gasteiger partial charge in [0.15, 0.2) is 22.2 Å². The van der Waals surface area contributed by atoms with E-state index in [9.17, 15) is 4.79 Å². The lowest BCUT2D eigenvalue weighted by Gasteiger charge is -2.03. The summed E-state index contributed by atoms with van der Waals surface area (Å²) in [6.45, 7) is 2.50. The number of carbonyl (C=O) groups is 1. The van der Waals surface area contributed by atoms with Crippen molar-refractivity contribution in [1.82, 2.24) is 4.98 Å². The maximum atomic E-state index is 12.3. The lowest BCUT2D eigenvalue weighted by Crippen LogP contribution is -2.13. The SMILES string of the molecule is CCOc1cccc2cc(-c3csc(NC(=O)CSc4ccc(OC)cc4)n3)oc12. The number of ether oxygens (including phenoxy) is 2. The fraction of sp³-hybridized carbons (Fsp3) is 0.182. The number of nitrogens with one attached hydrogen (secondary N) is 1. The molecule has 0 saturated heterocycles. The van der Waals surface area contributed by atoms with Crippen LogP contribution in [0.4, 0.5) is 5.13 Å². The Morgan fingerprint density at radius 3 is 2.83 bits per heavy atom. The molecule has 0 radical (unpaired) electrons. The fourth-order valence-electron chi connectivity index (χ4n) is 2.85. The third-order valence-corrected chi connectivity index (χ3v) is 6.01. The highest BCUT2D eigenvalue weighted by atomic mass is 32.2. The first kappa shape index (κ1) is 20.3. The van der Waals surface area contributed by atoms with Crippen LogP contribution in [0.5, 0.6) is 11.5 Å². The minimum absolute atomic E-state index is 0.111. The summed E-state index contributed by atoms with van der Waals surface area (Å²) in [5.41, 5.74) is 1.38. The second-order valence-electron chi connectivity index (χ2n) is 6.27. The van der Waals surface area contributed by atoms with E-state index >= 15 is 0 Å². The highest BCUT2D eigenvalue weighted by Gasteiger charge is 2.14. The highest BCUT2D eigenvalue weighted by Crippen LogP contribution is 2.34. The fourth-order valence-corrected chi connectivity index (χ4v) is 4.27. The number of methoxy groups -OCH3 is 1. The van der Waals surface area contributed by atoms with Crippen molar-refractivity contribution in [2.75, 3.05) is 24.8 Å². The summed E-state index contributed by atoms with van der Waals surface area (Å²) >= 11 is 2.82. The third kappa shape index (κ3) is 4.60. The summed E-state index contributed by atoms with van der Waals surface area (Å²) in [6, 6.07) is 15.3. The second-order valence-corrected chi connectivity index (χ2v) is 8.18. The molecule has 1 amide bonds. The number of benzene rings is 2. The lowest BCUT2D eigenvalue weighted by atomic mass is 10.2. The van der Waals surface area contributed by atoms with Crippen LogP contribution in [0.3, 0.4) is 0 Å². The number of rotatable bonds is 8. The molecule has 4 aromatic rings. The number of anilines is 1. The number of thiazole rings is 1. The van der Waals surface area contributed by atoms with Gasteiger partial charge in [-0.1, -0.05) is 12.1 Å². The normalized spacial score (nSPS) is 10.9. The molecule has 0 aliphatic rings. The predicted molar refractivity (Wildman–Crippen MR) is 121 cm³/mol. The standard InChI is InChI=1S/C22H20N2O4S2/c1-3-27-18-6-4-5-14-11-19(28-21(14)18)17-12-30-22(23-17)24-20(25)13-29-16-9-7-15(26-2)8-10-16/h4-12H,3,13H2,1-2H3,(H,23,24,25). The van der Waals surface area contributed by atoms with Gasteiger partial charge in [-0.05, 0) is 43.3 Å². The molecular formula is C22H20N2O4S2. The number of hydrogen-bond acceptors (Lipinski definition) is 7. The van der Waals surface area contributed by atoms with Crippen molar-refractivity contribution in [2.45, 2.75) is 11.8 Å². The Morgan fingerprint density at radius 1 is 1.23 bits per heavy atom. The molecule has 8 heteroatoms. The van der Waals surface area contributed by atoms with Crippen LogP contribution in [-0.4, -0.2) is 30.4 Å². The van der Waals surface area contributed by atoms with Crippen molar-refractivity contribution in [3.63, 3.8) is 0 Å². The molecule has 0 bridgehead atoms. The zero-order valence-electron chi connectivity index (χ0n) is 16.5. The Bertz CT molecular complexity index is 1150. The van der Waals surface area contributed by atoms with E-state index in [4.69, 9.17) is 13.9 Å². The van der Waals surface area contributed by atoms with E-state index in [1.54, 1.807) is 7.11 Å².